The molecular weight excluding hydrogens is 173 g/mol. The minimum Gasteiger partial charge on any atom is -0.481 e. The lowest BCUT2D eigenvalue weighted by Crippen LogP contribution is -1.91. The highest BCUT2D eigenvalue weighted by Crippen LogP contribution is 2.11. The third-order valence-corrected chi connectivity index (χ3v) is 0.451. The minimum absolute atomic E-state index is 0.0451. The number of aliphatic carboxylic acids is 1. The number of rotatable bonds is 2. The zero-order valence-corrected chi connectivity index (χ0v) is 6.40. The van der Waals surface area contributed by atoms with E-state index in [1.165, 1.54) is 0 Å². The molecule has 0 unspecified atom stereocenters. The highest BCUT2D eigenvalue weighted by molar-refractivity contribution is 7.38. The van der Waals surface area contributed by atoms with Crippen molar-refractivity contribution in [1.29, 1.82) is 5.26 Å². The maximum atomic E-state index is 9.61. The molecule has 0 radical (unpaired) electrons. The Kier molecular flexibility index (Phi) is 10.9. The van der Waals surface area contributed by atoms with E-state index in [2.05, 4.69) is 0 Å². The molecule has 0 amide bonds. The van der Waals surface area contributed by atoms with Crippen molar-refractivity contribution in [2.45, 2.75) is 12.8 Å². The first-order valence-electron chi connectivity index (χ1n) is 2.46. The number of carbonyl (C=O) groups is 1. The molecule has 0 heterocycles. The summed E-state index contributed by atoms with van der Waals surface area (Å²) in [5, 5.41) is 15.7. The standard InChI is InChI=1S/C4H5NO2.H3O3P/c5-3-1-2-4(6)7;1-4(2)3/h1-2H2,(H,6,7);1-3H. The van der Waals surface area contributed by atoms with Crippen molar-refractivity contribution >= 4 is 14.6 Å². The topological polar surface area (TPSA) is 122 Å². The molecule has 0 aromatic carbocycles. The van der Waals surface area contributed by atoms with Crippen LogP contribution in [0.2, 0.25) is 0 Å². The van der Waals surface area contributed by atoms with Crippen molar-refractivity contribution < 1.29 is 24.6 Å². The number of nitriles is 1. The van der Waals surface area contributed by atoms with Gasteiger partial charge >= 0.3 is 14.6 Å². The second-order valence-corrected chi connectivity index (χ2v) is 1.86. The average molecular weight is 181 g/mol. The molecule has 0 atom stereocenters. The van der Waals surface area contributed by atoms with Crippen LogP contribution in [0, 0.1) is 11.3 Å². The number of carboxylic acids is 1. The van der Waals surface area contributed by atoms with E-state index in [1.54, 1.807) is 6.07 Å². The van der Waals surface area contributed by atoms with Gasteiger partial charge in [-0.3, -0.25) is 4.79 Å². The summed E-state index contributed by atoms with van der Waals surface area (Å²) in [5.41, 5.74) is 0. The first kappa shape index (κ1) is 12.9. The van der Waals surface area contributed by atoms with Crippen molar-refractivity contribution in [3.63, 3.8) is 0 Å². The van der Waals surface area contributed by atoms with Gasteiger partial charge in [0.15, 0.2) is 0 Å². The van der Waals surface area contributed by atoms with Gasteiger partial charge in [0.25, 0.3) is 0 Å². The van der Waals surface area contributed by atoms with Crippen molar-refractivity contribution in [3.8, 4) is 6.07 Å². The summed E-state index contributed by atoms with van der Waals surface area (Å²) >= 11 is 0. The van der Waals surface area contributed by atoms with Crippen LogP contribution in [0.5, 0.6) is 0 Å². The molecule has 7 heteroatoms. The summed E-state index contributed by atoms with van der Waals surface area (Å²) in [4.78, 5) is 31.3. The van der Waals surface area contributed by atoms with E-state index in [4.69, 9.17) is 25.0 Å². The van der Waals surface area contributed by atoms with E-state index in [0.29, 0.717) is 0 Å². The normalized spacial score (nSPS) is 7.91. The zero-order chi connectivity index (χ0) is 9.28. The average Bonchev–Trinajstić information content (AvgIpc) is 1.82. The van der Waals surface area contributed by atoms with Gasteiger partial charge in [0.1, 0.15) is 0 Å². The summed E-state index contributed by atoms with van der Waals surface area (Å²) in [5.74, 6) is -0.915. The third kappa shape index (κ3) is 45.8. The molecule has 4 N–H and O–H groups in total. The lowest BCUT2D eigenvalue weighted by molar-refractivity contribution is -0.136. The van der Waals surface area contributed by atoms with Crippen LogP contribution in [0.25, 0.3) is 0 Å². The number of nitrogens with zero attached hydrogens (tertiary/aromatic N) is 1. The molecule has 0 aliphatic rings. The predicted octanol–water partition coefficient (Wildman–Crippen LogP) is -0.435. The van der Waals surface area contributed by atoms with Gasteiger partial charge in [-0.1, -0.05) is 0 Å². The Morgan fingerprint density at radius 1 is 1.45 bits per heavy atom. The molecule has 0 saturated carbocycles. The Labute approximate surface area is 64.3 Å². The SMILES string of the molecule is N#CCCC(=O)O.OP(O)O. The summed E-state index contributed by atoms with van der Waals surface area (Å²) in [7, 11) is -2.62. The van der Waals surface area contributed by atoms with Crippen molar-refractivity contribution in [1.82, 2.24) is 0 Å². The van der Waals surface area contributed by atoms with Crippen molar-refractivity contribution in [3.05, 3.63) is 0 Å². The molecule has 0 aromatic heterocycles. The van der Waals surface area contributed by atoms with E-state index >= 15 is 0 Å². The number of carboxylic acid groups (broad SMARTS) is 1. The van der Waals surface area contributed by atoms with E-state index in [0.717, 1.165) is 0 Å². The molecule has 11 heavy (non-hydrogen) atoms. The lowest BCUT2D eigenvalue weighted by Gasteiger charge is -1.78. The van der Waals surface area contributed by atoms with Crippen LogP contribution in [-0.2, 0) is 4.79 Å². The highest BCUT2D eigenvalue weighted by atomic mass is 31.2. The van der Waals surface area contributed by atoms with Crippen molar-refractivity contribution in [2.75, 3.05) is 0 Å². The Morgan fingerprint density at radius 2 is 1.82 bits per heavy atom. The Hall–Kier alpha value is -0.730. The molecule has 0 bridgehead atoms. The molecular formula is C4H8NO5P. The van der Waals surface area contributed by atoms with Gasteiger partial charge in [0, 0.05) is 6.42 Å². The smallest absolute Gasteiger partial charge is 0.324 e. The van der Waals surface area contributed by atoms with Gasteiger partial charge in [-0.25, -0.2) is 0 Å². The van der Waals surface area contributed by atoms with Gasteiger partial charge in [-0.15, -0.1) is 0 Å². The first-order chi connectivity index (χ1) is 5.00. The molecule has 0 fully saturated rings. The lowest BCUT2D eigenvalue weighted by atomic mass is 10.3. The highest BCUT2D eigenvalue weighted by Gasteiger charge is 1.91. The summed E-state index contributed by atoms with van der Waals surface area (Å²) in [6.45, 7) is 0. The van der Waals surface area contributed by atoms with E-state index < -0.39 is 14.6 Å². The molecule has 0 aromatic rings. The van der Waals surface area contributed by atoms with Gasteiger partial charge in [0.05, 0.1) is 12.5 Å². The molecule has 6 nitrogen and oxygen atoms in total. The van der Waals surface area contributed by atoms with Gasteiger partial charge in [-0.05, 0) is 0 Å². The van der Waals surface area contributed by atoms with E-state index in [9.17, 15) is 4.79 Å². The molecule has 0 aliphatic heterocycles. The van der Waals surface area contributed by atoms with Crippen LogP contribution in [0.4, 0.5) is 0 Å². The maximum Gasteiger partial charge on any atom is 0.324 e. The minimum atomic E-state index is -2.62. The summed E-state index contributed by atoms with van der Waals surface area (Å²) in [6.07, 6.45) is 0.0613. The van der Waals surface area contributed by atoms with Crippen LogP contribution < -0.4 is 0 Å². The number of hydrogen-bond acceptors (Lipinski definition) is 5. The van der Waals surface area contributed by atoms with Gasteiger partial charge in [-0.2, -0.15) is 5.26 Å². The second kappa shape index (κ2) is 9.27. The summed E-state index contributed by atoms with van der Waals surface area (Å²) in [6, 6.07) is 1.72. The molecule has 0 spiro atoms. The van der Waals surface area contributed by atoms with Crippen LogP contribution in [0.3, 0.4) is 0 Å². The van der Waals surface area contributed by atoms with E-state index in [1.807, 2.05) is 0 Å². The van der Waals surface area contributed by atoms with Crippen LogP contribution in [0.15, 0.2) is 0 Å². The van der Waals surface area contributed by atoms with Gasteiger partial charge in [0.2, 0.25) is 0 Å². The second-order valence-electron chi connectivity index (χ2n) is 1.32. The first-order valence-corrected chi connectivity index (χ1v) is 3.66. The molecule has 64 valence electrons. The number of hydrogen-bond donors (Lipinski definition) is 4. The monoisotopic (exact) mass is 181 g/mol. The Bertz CT molecular complexity index is 139. The predicted molar refractivity (Wildman–Crippen MR) is 36.1 cm³/mol. The molecule has 0 aliphatic carbocycles. The Morgan fingerprint density at radius 3 is 1.91 bits per heavy atom. The van der Waals surface area contributed by atoms with Crippen molar-refractivity contribution in [2.24, 2.45) is 0 Å². The van der Waals surface area contributed by atoms with Gasteiger partial charge < -0.3 is 19.8 Å². The molecule has 0 saturated heterocycles. The van der Waals surface area contributed by atoms with E-state index in [-0.39, 0.29) is 12.8 Å². The Balaban J connectivity index is 0. The fourth-order valence-corrected chi connectivity index (χ4v) is 0.163. The molecule has 0 rings (SSSR count). The quantitative estimate of drug-likeness (QED) is 0.428. The van der Waals surface area contributed by atoms with Crippen LogP contribution >= 0.6 is 8.60 Å². The van der Waals surface area contributed by atoms with Crippen LogP contribution in [-0.4, -0.2) is 25.8 Å². The maximum absolute atomic E-state index is 9.61. The largest absolute Gasteiger partial charge is 0.481 e. The third-order valence-electron chi connectivity index (χ3n) is 0.451. The fraction of sp³-hybridized carbons (Fsp3) is 0.500. The fourth-order valence-electron chi connectivity index (χ4n) is 0.163. The zero-order valence-electron chi connectivity index (χ0n) is 5.51. The van der Waals surface area contributed by atoms with Crippen LogP contribution in [0.1, 0.15) is 12.8 Å². The summed E-state index contributed by atoms with van der Waals surface area (Å²) < 4.78 is 0.